The maximum absolute atomic E-state index is 12.1. The molecular weight excluding hydrogens is 240 g/mol. The van der Waals surface area contributed by atoms with Crippen LogP contribution in [0.15, 0.2) is 18.2 Å². The van der Waals surface area contributed by atoms with E-state index in [4.69, 9.17) is 11.5 Å². The molecule has 0 bridgehead atoms. The number of hydrogen-bond acceptors (Lipinski definition) is 2. The van der Waals surface area contributed by atoms with Crippen LogP contribution in [0.1, 0.15) is 5.56 Å². The van der Waals surface area contributed by atoms with Crippen LogP contribution in [0.25, 0.3) is 0 Å². The first kappa shape index (κ1) is 15.7. The Labute approximate surface area is 91.3 Å². The van der Waals surface area contributed by atoms with Crippen LogP contribution in [0.4, 0.5) is 24.5 Å². The largest absolute Gasteiger partial charge is 0.420 e. The van der Waals surface area contributed by atoms with Crippen LogP contribution < -0.4 is 11.5 Å². The van der Waals surface area contributed by atoms with Crippen LogP contribution in [0.2, 0.25) is 0 Å². The van der Waals surface area contributed by atoms with E-state index in [0.29, 0.717) is 0 Å². The maximum Gasteiger partial charge on any atom is 0.420 e. The number of nitrogen functional groups attached to an aromatic ring is 2. The fourth-order valence-electron chi connectivity index (χ4n) is 0.916. The lowest BCUT2D eigenvalue weighted by Gasteiger charge is -2.11. The predicted octanol–water partition coefficient (Wildman–Crippen LogP) is 2.71. The van der Waals surface area contributed by atoms with Gasteiger partial charge >= 0.3 is 6.18 Å². The Morgan fingerprint density at radius 1 is 0.929 bits per heavy atom. The topological polar surface area (TPSA) is 52.0 Å². The Kier molecular flexibility index (Phi) is 5.78. The van der Waals surface area contributed by atoms with Crippen molar-refractivity contribution < 1.29 is 13.2 Å². The lowest BCUT2D eigenvalue weighted by molar-refractivity contribution is -0.136. The second kappa shape index (κ2) is 5.17. The van der Waals surface area contributed by atoms with E-state index in [-0.39, 0.29) is 36.2 Å². The number of anilines is 2. The van der Waals surface area contributed by atoms with Crippen molar-refractivity contribution in [1.29, 1.82) is 0 Å². The Hall–Kier alpha value is -0.810. The number of rotatable bonds is 0. The molecule has 0 amide bonds. The molecule has 0 aliphatic carbocycles. The van der Waals surface area contributed by atoms with E-state index in [1.165, 1.54) is 18.2 Å². The van der Waals surface area contributed by atoms with Gasteiger partial charge in [-0.1, -0.05) is 6.07 Å². The maximum atomic E-state index is 12.1. The Balaban J connectivity index is 0. The number of nitrogens with two attached hydrogens (primary N) is 2. The van der Waals surface area contributed by atoms with E-state index >= 15 is 0 Å². The minimum atomic E-state index is -4.48. The zero-order chi connectivity index (χ0) is 9.35. The molecule has 0 radical (unpaired) electrons. The van der Waals surface area contributed by atoms with Gasteiger partial charge in [-0.25, -0.2) is 0 Å². The Morgan fingerprint density at radius 2 is 1.29 bits per heavy atom. The second-order valence-electron chi connectivity index (χ2n) is 2.31. The average Bonchev–Trinajstić information content (AvgIpc) is 1.82. The quantitative estimate of drug-likeness (QED) is 0.694. The van der Waals surface area contributed by atoms with Gasteiger partial charge in [-0.3, -0.25) is 0 Å². The zero-order valence-electron chi connectivity index (χ0n) is 6.84. The third-order valence-corrected chi connectivity index (χ3v) is 1.41. The third-order valence-electron chi connectivity index (χ3n) is 1.41. The van der Waals surface area contributed by atoms with Gasteiger partial charge in [0.25, 0.3) is 0 Å². The zero-order valence-corrected chi connectivity index (χ0v) is 8.47. The lowest BCUT2D eigenvalue weighted by Crippen LogP contribution is -2.11. The summed E-state index contributed by atoms with van der Waals surface area (Å²) in [5.74, 6) is 0. The summed E-state index contributed by atoms with van der Waals surface area (Å²) in [6.45, 7) is 0. The summed E-state index contributed by atoms with van der Waals surface area (Å²) in [5.41, 5.74) is 8.57. The van der Waals surface area contributed by atoms with Crippen molar-refractivity contribution in [2.45, 2.75) is 6.18 Å². The van der Waals surface area contributed by atoms with Crippen molar-refractivity contribution in [1.82, 2.24) is 0 Å². The number of benzene rings is 1. The van der Waals surface area contributed by atoms with Crippen molar-refractivity contribution >= 4 is 36.2 Å². The standard InChI is InChI=1S/C7H7F3N2.2ClH/c8-7(9,10)6-4(11)2-1-3-5(6)12;;/h1-3H,11-12H2;2*1H. The van der Waals surface area contributed by atoms with Gasteiger partial charge in [0, 0.05) is 11.4 Å². The van der Waals surface area contributed by atoms with E-state index < -0.39 is 11.7 Å². The summed E-state index contributed by atoms with van der Waals surface area (Å²) in [6.07, 6.45) is -4.48. The summed E-state index contributed by atoms with van der Waals surface area (Å²) < 4.78 is 36.4. The normalized spacial score (nSPS) is 9.93. The van der Waals surface area contributed by atoms with Crippen molar-refractivity contribution in [2.24, 2.45) is 0 Å². The monoisotopic (exact) mass is 248 g/mol. The molecule has 1 rings (SSSR count). The molecule has 0 saturated carbocycles. The van der Waals surface area contributed by atoms with Crippen molar-refractivity contribution in [3.05, 3.63) is 23.8 Å². The molecule has 1 aromatic rings. The minimum Gasteiger partial charge on any atom is -0.398 e. The van der Waals surface area contributed by atoms with Crippen LogP contribution in [-0.2, 0) is 6.18 Å². The molecule has 0 heterocycles. The molecule has 0 fully saturated rings. The summed E-state index contributed by atoms with van der Waals surface area (Å²) in [7, 11) is 0. The van der Waals surface area contributed by atoms with Gasteiger partial charge in [-0.2, -0.15) is 13.2 Å². The fraction of sp³-hybridized carbons (Fsp3) is 0.143. The molecule has 0 aromatic heterocycles. The van der Waals surface area contributed by atoms with Crippen LogP contribution in [0.5, 0.6) is 0 Å². The van der Waals surface area contributed by atoms with E-state index in [2.05, 4.69) is 0 Å². The van der Waals surface area contributed by atoms with Gasteiger partial charge in [0.1, 0.15) is 5.56 Å². The van der Waals surface area contributed by atoms with Gasteiger partial charge in [0.2, 0.25) is 0 Å². The van der Waals surface area contributed by atoms with Crippen LogP contribution in [0.3, 0.4) is 0 Å². The van der Waals surface area contributed by atoms with Gasteiger partial charge in [-0.05, 0) is 12.1 Å². The summed E-state index contributed by atoms with van der Waals surface area (Å²) in [5, 5.41) is 0. The molecule has 1 aromatic carbocycles. The van der Waals surface area contributed by atoms with Gasteiger partial charge in [-0.15, -0.1) is 24.8 Å². The summed E-state index contributed by atoms with van der Waals surface area (Å²) >= 11 is 0. The lowest BCUT2D eigenvalue weighted by atomic mass is 10.1. The van der Waals surface area contributed by atoms with Crippen molar-refractivity contribution in [2.75, 3.05) is 11.5 Å². The Morgan fingerprint density at radius 3 is 1.50 bits per heavy atom. The fourth-order valence-corrected chi connectivity index (χ4v) is 0.916. The number of alkyl halides is 3. The molecule has 0 atom stereocenters. The first-order valence-corrected chi connectivity index (χ1v) is 3.14. The van der Waals surface area contributed by atoms with Crippen molar-refractivity contribution in [3.8, 4) is 0 Å². The molecule has 4 N–H and O–H groups in total. The van der Waals surface area contributed by atoms with Gasteiger partial charge < -0.3 is 11.5 Å². The molecule has 0 aliphatic rings. The molecule has 0 unspecified atom stereocenters. The van der Waals surface area contributed by atoms with E-state index in [0.717, 1.165) is 0 Å². The first-order valence-electron chi connectivity index (χ1n) is 3.14. The van der Waals surface area contributed by atoms with Crippen LogP contribution in [-0.4, -0.2) is 0 Å². The molecular formula is C7H9Cl2F3N2. The molecule has 0 aliphatic heterocycles. The molecule has 0 spiro atoms. The molecule has 2 nitrogen and oxygen atoms in total. The highest BCUT2D eigenvalue weighted by atomic mass is 35.5. The summed E-state index contributed by atoms with van der Waals surface area (Å²) in [4.78, 5) is 0. The average molecular weight is 249 g/mol. The van der Waals surface area contributed by atoms with Crippen LogP contribution in [0, 0.1) is 0 Å². The minimum absolute atomic E-state index is 0. The SMILES string of the molecule is Cl.Cl.Nc1cccc(N)c1C(F)(F)F. The predicted molar refractivity (Wildman–Crippen MR) is 54.8 cm³/mol. The third kappa shape index (κ3) is 3.16. The highest BCUT2D eigenvalue weighted by molar-refractivity contribution is 5.85. The van der Waals surface area contributed by atoms with E-state index in [9.17, 15) is 13.2 Å². The molecule has 82 valence electrons. The molecule has 7 heteroatoms. The first-order chi connectivity index (χ1) is 5.43. The van der Waals surface area contributed by atoms with Gasteiger partial charge in [0.15, 0.2) is 0 Å². The van der Waals surface area contributed by atoms with Gasteiger partial charge in [0.05, 0.1) is 0 Å². The molecule has 0 saturated heterocycles. The van der Waals surface area contributed by atoms with E-state index in [1.54, 1.807) is 0 Å². The Bertz CT molecular complexity index is 281. The van der Waals surface area contributed by atoms with E-state index in [1.807, 2.05) is 0 Å². The number of halogens is 5. The second-order valence-corrected chi connectivity index (χ2v) is 2.31. The number of hydrogen-bond donors (Lipinski definition) is 2. The summed E-state index contributed by atoms with van der Waals surface area (Å²) in [6, 6.07) is 3.71. The van der Waals surface area contributed by atoms with Crippen molar-refractivity contribution in [3.63, 3.8) is 0 Å². The highest BCUT2D eigenvalue weighted by Crippen LogP contribution is 2.37. The van der Waals surface area contributed by atoms with Crippen LogP contribution >= 0.6 is 24.8 Å². The smallest absolute Gasteiger partial charge is 0.398 e. The highest BCUT2D eigenvalue weighted by Gasteiger charge is 2.34. The molecule has 14 heavy (non-hydrogen) atoms.